The maximum absolute atomic E-state index is 12.5. The van der Waals surface area contributed by atoms with Gasteiger partial charge in [-0.25, -0.2) is 0 Å². The molecule has 1 aromatic rings. The van der Waals surface area contributed by atoms with Crippen LogP contribution in [-0.2, 0) is 16.0 Å². The van der Waals surface area contributed by atoms with Crippen LogP contribution in [-0.4, -0.2) is 32.2 Å². The van der Waals surface area contributed by atoms with Crippen LogP contribution in [0.3, 0.4) is 0 Å². The van der Waals surface area contributed by atoms with E-state index in [1.807, 2.05) is 18.2 Å². The smallest absolute Gasteiger partial charge is 0.242 e. The molecule has 1 aromatic carbocycles. The molecule has 2 N–H and O–H groups in total. The van der Waals surface area contributed by atoms with Crippen molar-refractivity contribution in [3.8, 4) is 0 Å². The minimum atomic E-state index is -0.240. The van der Waals surface area contributed by atoms with Gasteiger partial charge in [-0.15, -0.1) is 0 Å². The summed E-state index contributed by atoms with van der Waals surface area (Å²) in [5.41, 5.74) is 2.37. The topological polar surface area (TPSA) is 50.4 Å². The highest BCUT2D eigenvalue weighted by Gasteiger charge is 2.26. The Hall–Kier alpha value is -1.39. The van der Waals surface area contributed by atoms with Crippen LogP contribution in [0.25, 0.3) is 0 Å². The first-order chi connectivity index (χ1) is 9.76. The van der Waals surface area contributed by atoms with E-state index < -0.39 is 0 Å². The van der Waals surface area contributed by atoms with Crippen molar-refractivity contribution in [3.05, 3.63) is 35.4 Å². The molecule has 0 radical (unpaired) electrons. The Bertz CT molecular complexity index is 442. The minimum absolute atomic E-state index is 0.0488. The number of rotatable bonds is 6. The van der Waals surface area contributed by atoms with Gasteiger partial charge in [0.2, 0.25) is 5.91 Å². The van der Waals surface area contributed by atoms with Crippen molar-refractivity contribution < 1.29 is 9.53 Å². The van der Waals surface area contributed by atoms with Crippen molar-refractivity contribution in [1.82, 2.24) is 10.6 Å². The molecule has 0 fully saturated rings. The Morgan fingerprint density at radius 1 is 1.50 bits per heavy atom. The van der Waals surface area contributed by atoms with Crippen molar-refractivity contribution in [2.45, 2.75) is 38.3 Å². The molecule has 1 aliphatic heterocycles. The van der Waals surface area contributed by atoms with E-state index in [-0.39, 0.29) is 18.0 Å². The molecule has 0 aliphatic carbocycles. The van der Waals surface area contributed by atoms with Crippen molar-refractivity contribution in [2.24, 2.45) is 0 Å². The van der Waals surface area contributed by atoms with Gasteiger partial charge in [0, 0.05) is 13.7 Å². The van der Waals surface area contributed by atoms with E-state index >= 15 is 0 Å². The summed E-state index contributed by atoms with van der Waals surface area (Å²) >= 11 is 0. The quantitative estimate of drug-likeness (QED) is 0.833. The summed E-state index contributed by atoms with van der Waals surface area (Å²) < 4.78 is 5.18. The molecule has 110 valence electrons. The zero-order valence-electron chi connectivity index (χ0n) is 12.3. The largest absolute Gasteiger partial charge is 0.383 e. The van der Waals surface area contributed by atoms with Gasteiger partial charge in [0.1, 0.15) is 6.04 Å². The number of carbonyl (C=O) groups is 1. The molecule has 2 atom stereocenters. The third-order valence-corrected chi connectivity index (χ3v) is 3.72. The van der Waals surface area contributed by atoms with E-state index in [4.69, 9.17) is 4.74 Å². The Balaban J connectivity index is 2.06. The second-order valence-corrected chi connectivity index (χ2v) is 5.29. The van der Waals surface area contributed by atoms with Gasteiger partial charge in [-0.2, -0.15) is 0 Å². The van der Waals surface area contributed by atoms with Crippen molar-refractivity contribution in [2.75, 3.05) is 20.3 Å². The van der Waals surface area contributed by atoms with Crippen molar-refractivity contribution in [3.63, 3.8) is 0 Å². The summed E-state index contributed by atoms with van der Waals surface area (Å²) in [6.45, 7) is 3.52. The number of carbonyl (C=O) groups excluding carboxylic acids is 1. The molecule has 0 spiro atoms. The number of amides is 1. The Labute approximate surface area is 120 Å². The summed E-state index contributed by atoms with van der Waals surface area (Å²) in [5, 5.41) is 6.41. The van der Waals surface area contributed by atoms with Crippen LogP contribution in [0.4, 0.5) is 0 Å². The van der Waals surface area contributed by atoms with Gasteiger partial charge in [-0.1, -0.05) is 37.6 Å². The fourth-order valence-corrected chi connectivity index (χ4v) is 2.77. The van der Waals surface area contributed by atoms with Crippen LogP contribution in [0.2, 0.25) is 0 Å². The number of benzene rings is 1. The van der Waals surface area contributed by atoms with Gasteiger partial charge < -0.3 is 15.4 Å². The number of ether oxygens (including phenoxy) is 1. The first-order valence-corrected chi connectivity index (χ1v) is 7.36. The number of methoxy groups -OCH3 is 1. The molecule has 0 bridgehead atoms. The zero-order valence-corrected chi connectivity index (χ0v) is 12.3. The molecular weight excluding hydrogens is 252 g/mol. The van der Waals surface area contributed by atoms with Gasteiger partial charge in [-0.05, 0) is 24.0 Å². The first kappa shape index (κ1) is 15.0. The molecule has 4 heteroatoms. The maximum atomic E-state index is 12.5. The summed E-state index contributed by atoms with van der Waals surface area (Å²) in [6.07, 6.45) is 2.95. The summed E-state index contributed by atoms with van der Waals surface area (Å²) in [6, 6.07) is 8.02. The summed E-state index contributed by atoms with van der Waals surface area (Å²) in [4.78, 5) is 12.5. The lowest BCUT2D eigenvalue weighted by Gasteiger charge is -2.28. The Kier molecular flexibility index (Phi) is 5.56. The molecule has 4 nitrogen and oxygen atoms in total. The Morgan fingerprint density at radius 2 is 2.30 bits per heavy atom. The fraction of sp³-hybridized carbons (Fsp3) is 0.562. The van der Waals surface area contributed by atoms with E-state index in [1.165, 1.54) is 5.56 Å². The normalized spacial score (nSPS) is 19.2. The SMILES string of the molecule is CCCC(COC)NC(=O)C1NCCc2ccccc21. The molecule has 1 aliphatic rings. The van der Waals surface area contributed by atoms with Crippen molar-refractivity contribution in [1.29, 1.82) is 0 Å². The molecule has 1 amide bonds. The lowest BCUT2D eigenvalue weighted by atomic mass is 9.93. The van der Waals surface area contributed by atoms with Crippen molar-refractivity contribution >= 4 is 5.91 Å². The lowest BCUT2D eigenvalue weighted by molar-refractivity contribution is -0.124. The highest BCUT2D eigenvalue weighted by Crippen LogP contribution is 2.22. The second-order valence-electron chi connectivity index (χ2n) is 5.29. The second kappa shape index (κ2) is 7.41. The molecule has 2 unspecified atom stereocenters. The molecule has 1 heterocycles. The highest BCUT2D eigenvalue weighted by atomic mass is 16.5. The van der Waals surface area contributed by atoms with E-state index in [0.29, 0.717) is 6.61 Å². The van der Waals surface area contributed by atoms with Gasteiger partial charge >= 0.3 is 0 Å². The van der Waals surface area contributed by atoms with E-state index in [1.54, 1.807) is 7.11 Å². The van der Waals surface area contributed by atoms with Gasteiger partial charge in [0.05, 0.1) is 12.6 Å². The summed E-state index contributed by atoms with van der Waals surface area (Å²) in [5.74, 6) is 0.0488. The fourth-order valence-electron chi connectivity index (χ4n) is 2.77. The number of nitrogens with one attached hydrogen (secondary N) is 2. The number of hydrogen-bond acceptors (Lipinski definition) is 3. The van der Waals surface area contributed by atoms with Gasteiger partial charge in [-0.3, -0.25) is 4.79 Å². The first-order valence-electron chi connectivity index (χ1n) is 7.36. The van der Waals surface area contributed by atoms with Crippen LogP contribution in [0.15, 0.2) is 24.3 Å². The van der Waals surface area contributed by atoms with E-state index in [2.05, 4.69) is 23.6 Å². The number of fused-ring (bicyclic) bond motifs is 1. The monoisotopic (exact) mass is 276 g/mol. The average molecular weight is 276 g/mol. The molecule has 0 aromatic heterocycles. The lowest BCUT2D eigenvalue weighted by Crippen LogP contribution is -2.46. The molecule has 2 rings (SSSR count). The highest BCUT2D eigenvalue weighted by molar-refractivity contribution is 5.84. The van der Waals surface area contributed by atoms with Crippen LogP contribution >= 0.6 is 0 Å². The maximum Gasteiger partial charge on any atom is 0.242 e. The minimum Gasteiger partial charge on any atom is -0.383 e. The third-order valence-electron chi connectivity index (χ3n) is 3.72. The molecule has 0 saturated carbocycles. The van der Waals surface area contributed by atoms with Crippen LogP contribution in [0, 0.1) is 0 Å². The summed E-state index contributed by atoms with van der Waals surface area (Å²) in [7, 11) is 1.67. The zero-order chi connectivity index (χ0) is 14.4. The van der Waals surface area contributed by atoms with E-state index in [9.17, 15) is 4.79 Å². The average Bonchev–Trinajstić information content (AvgIpc) is 2.47. The molecule has 0 saturated heterocycles. The van der Waals surface area contributed by atoms with E-state index in [0.717, 1.165) is 31.4 Å². The third kappa shape index (κ3) is 3.58. The predicted molar refractivity (Wildman–Crippen MR) is 79.6 cm³/mol. The Morgan fingerprint density at radius 3 is 3.05 bits per heavy atom. The molecular formula is C16H24N2O2. The van der Waals surface area contributed by atoms with Gasteiger partial charge in [0.15, 0.2) is 0 Å². The van der Waals surface area contributed by atoms with Gasteiger partial charge in [0.25, 0.3) is 0 Å². The van der Waals surface area contributed by atoms with Crippen LogP contribution in [0.1, 0.15) is 36.9 Å². The van der Waals surface area contributed by atoms with Crippen LogP contribution in [0.5, 0.6) is 0 Å². The number of hydrogen-bond donors (Lipinski definition) is 2. The predicted octanol–water partition coefficient (Wildman–Crippen LogP) is 1.80. The van der Waals surface area contributed by atoms with Crippen LogP contribution < -0.4 is 10.6 Å². The molecule has 20 heavy (non-hydrogen) atoms. The standard InChI is InChI=1S/C16H24N2O2/c1-3-6-13(11-20-2)18-16(19)15-14-8-5-4-7-12(14)9-10-17-15/h4-5,7-8,13,15,17H,3,6,9-11H2,1-2H3,(H,18,19).